The highest BCUT2D eigenvalue weighted by Gasteiger charge is 2.17. The Kier molecular flexibility index (Phi) is 7.05. The average Bonchev–Trinajstić information content (AvgIpc) is 3.08. The molecule has 3 rings (SSSR count). The fraction of sp³-hybridized carbons (Fsp3) is 0.550. The van der Waals surface area contributed by atoms with E-state index in [0.717, 1.165) is 51.4 Å². The third-order valence-electron chi connectivity index (χ3n) is 4.84. The van der Waals surface area contributed by atoms with E-state index in [1.807, 2.05) is 30.2 Å². The Morgan fingerprint density at radius 1 is 1.27 bits per heavy atom. The average molecular weight is 358 g/mol. The summed E-state index contributed by atoms with van der Waals surface area (Å²) in [6.45, 7) is 5.03. The molecule has 1 aliphatic heterocycles. The van der Waals surface area contributed by atoms with E-state index in [1.54, 1.807) is 0 Å². The van der Waals surface area contributed by atoms with Crippen LogP contribution in [0.15, 0.2) is 36.7 Å². The first-order valence-corrected chi connectivity index (χ1v) is 9.38. The number of benzene rings is 1. The highest BCUT2D eigenvalue weighted by Crippen LogP contribution is 2.15. The molecule has 1 aromatic carbocycles. The Morgan fingerprint density at radius 3 is 2.85 bits per heavy atom. The van der Waals surface area contributed by atoms with Crippen molar-refractivity contribution in [3.63, 3.8) is 0 Å². The number of likely N-dealkylation sites (N-methyl/N-ethyl adjacent to an activating group) is 1. The van der Waals surface area contributed by atoms with Crippen LogP contribution in [0.5, 0.6) is 5.75 Å². The molecule has 1 aliphatic rings. The summed E-state index contributed by atoms with van der Waals surface area (Å²) in [5.74, 6) is 0.936. The van der Waals surface area contributed by atoms with Crippen molar-refractivity contribution in [2.45, 2.75) is 32.0 Å². The lowest BCUT2D eigenvalue weighted by atomic mass is 10.1. The molecule has 1 N–H and O–H groups in total. The fourth-order valence-corrected chi connectivity index (χ4v) is 3.28. The van der Waals surface area contributed by atoms with Crippen LogP contribution in [0.1, 0.15) is 24.0 Å². The Labute approximate surface area is 156 Å². The van der Waals surface area contributed by atoms with Crippen LogP contribution in [0.4, 0.5) is 0 Å². The summed E-state index contributed by atoms with van der Waals surface area (Å²) in [6, 6.07) is 8.94. The number of nitrogens with zero attached hydrogens (tertiary/aromatic N) is 3. The van der Waals surface area contributed by atoms with Gasteiger partial charge in [-0.2, -0.15) is 5.10 Å². The van der Waals surface area contributed by atoms with E-state index in [0.29, 0.717) is 12.6 Å². The van der Waals surface area contributed by atoms with Gasteiger partial charge in [0.15, 0.2) is 0 Å². The smallest absolute Gasteiger partial charge is 0.119 e. The van der Waals surface area contributed by atoms with Crippen molar-refractivity contribution in [1.29, 1.82) is 0 Å². The Hall–Kier alpha value is -1.89. The lowest BCUT2D eigenvalue weighted by molar-refractivity contribution is 0.0392. The zero-order valence-electron chi connectivity index (χ0n) is 15.9. The normalized spacial score (nSPS) is 15.5. The number of hydrogen-bond donors (Lipinski definition) is 1. The van der Waals surface area contributed by atoms with Gasteiger partial charge in [0.2, 0.25) is 0 Å². The molecule has 26 heavy (non-hydrogen) atoms. The molecule has 1 fully saturated rings. The minimum Gasteiger partial charge on any atom is -0.492 e. The zero-order valence-corrected chi connectivity index (χ0v) is 15.9. The SMILES string of the molecule is CN(CCOc1cccc(CNCc2cnn(C)c2)c1)C1CCOCC1. The lowest BCUT2D eigenvalue weighted by Crippen LogP contribution is -2.38. The number of nitrogens with one attached hydrogen (secondary N) is 1. The molecule has 0 bridgehead atoms. The van der Waals surface area contributed by atoms with Crippen LogP contribution in [0.25, 0.3) is 0 Å². The molecule has 1 saturated heterocycles. The summed E-state index contributed by atoms with van der Waals surface area (Å²) in [5, 5.41) is 7.63. The molecule has 6 nitrogen and oxygen atoms in total. The molecule has 0 atom stereocenters. The number of aryl methyl sites for hydroxylation is 1. The first-order valence-electron chi connectivity index (χ1n) is 9.38. The van der Waals surface area contributed by atoms with Gasteiger partial charge in [-0.25, -0.2) is 0 Å². The van der Waals surface area contributed by atoms with E-state index >= 15 is 0 Å². The molecule has 6 heteroatoms. The number of rotatable bonds is 9. The van der Waals surface area contributed by atoms with Gasteiger partial charge < -0.3 is 14.8 Å². The summed E-state index contributed by atoms with van der Waals surface area (Å²) in [4.78, 5) is 2.39. The topological polar surface area (TPSA) is 51.5 Å². The van der Waals surface area contributed by atoms with E-state index < -0.39 is 0 Å². The fourth-order valence-electron chi connectivity index (χ4n) is 3.28. The second-order valence-corrected chi connectivity index (χ2v) is 6.95. The molecule has 0 unspecified atom stereocenters. The molecule has 0 saturated carbocycles. The number of hydrogen-bond acceptors (Lipinski definition) is 5. The zero-order chi connectivity index (χ0) is 18.2. The van der Waals surface area contributed by atoms with Crippen LogP contribution < -0.4 is 10.1 Å². The van der Waals surface area contributed by atoms with Crippen molar-refractivity contribution in [2.75, 3.05) is 33.4 Å². The third-order valence-corrected chi connectivity index (χ3v) is 4.84. The molecule has 0 radical (unpaired) electrons. The van der Waals surface area contributed by atoms with E-state index in [9.17, 15) is 0 Å². The highest BCUT2D eigenvalue weighted by molar-refractivity contribution is 5.28. The van der Waals surface area contributed by atoms with Gasteiger partial charge in [0, 0.05) is 57.7 Å². The Morgan fingerprint density at radius 2 is 2.08 bits per heavy atom. The monoisotopic (exact) mass is 358 g/mol. The first-order chi connectivity index (χ1) is 12.7. The van der Waals surface area contributed by atoms with Crippen LogP contribution in [-0.2, 0) is 24.9 Å². The van der Waals surface area contributed by atoms with Gasteiger partial charge in [-0.15, -0.1) is 0 Å². The molecular weight excluding hydrogens is 328 g/mol. The standard InChI is InChI=1S/C20H30N4O2/c1-23(19-6-9-25-10-7-19)8-11-26-20-5-3-4-17(12-20)13-21-14-18-15-22-24(2)16-18/h3-5,12,15-16,19,21H,6-11,13-14H2,1-2H3. The van der Waals surface area contributed by atoms with Crippen LogP contribution >= 0.6 is 0 Å². The maximum atomic E-state index is 5.96. The van der Waals surface area contributed by atoms with Gasteiger partial charge >= 0.3 is 0 Å². The van der Waals surface area contributed by atoms with Crippen molar-refractivity contribution >= 4 is 0 Å². The maximum Gasteiger partial charge on any atom is 0.119 e. The molecule has 0 amide bonds. The summed E-state index contributed by atoms with van der Waals surface area (Å²) in [6.07, 6.45) is 6.16. The van der Waals surface area contributed by atoms with Gasteiger partial charge in [0.25, 0.3) is 0 Å². The molecule has 0 spiro atoms. The highest BCUT2D eigenvalue weighted by atomic mass is 16.5. The molecule has 1 aromatic heterocycles. The summed E-state index contributed by atoms with van der Waals surface area (Å²) >= 11 is 0. The van der Waals surface area contributed by atoms with Gasteiger partial charge in [-0.05, 0) is 37.6 Å². The number of aromatic nitrogens is 2. The van der Waals surface area contributed by atoms with Crippen LogP contribution in [0.3, 0.4) is 0 Å². The van der Waals surface area contributed by atoms with Crippen LogP contribution in [-0.4, -0.2) is 54.1 Å². The maximum absolute atomic E-state index is 5.96. The van der Waals surface area contributed by atoms with Crippen molar-refractivity contribution in [2.24, 2.45) is 7.05 Å². The van der Waals surface area contributed by atoms with Crippen LogP contribution in [0.2, 0.25) is 0 Å². The first kappa shape index (κ1) is 18.9. The quantitative estimate of drug-likeness (QED) is 0.745. The predicted molar refractivity (Wildman–Crippen MR) is 102 cm³/mol. The van der Waals surface area contributed by atoms with Crippen LogP contribution in [0, 0.1) is 0 Å². The molecular formula is C20H30N4O2. The predicted octanol–water partition coefficient (Wildman–Crippen LogP) is 2.20. The van der Waals surface area contributed by atoms with Gasteiger partial charge in [-0.3, -0.25) is 9.58 Å². The minimum absolute atomic E-state index is 0.621. The molecule has 0 aliphatic carbocycles. The van der Waals surface area contributed by atoms with E-state index in [2.05, 4.69) is 40.6 Å². The van der Waals surface area contributed by atoms with Gasteiger partial charge in [0.05, 0.1) is 6.20 Å². The van der Waals surface area contributed by atoms with Crippen molar-refractivity contribution < 1.29 is 9.47 Å². The molecule has 2 heterocycles. The molecule has 2 aromatic rings. The molecule has 142 valence electrons. The van der Waals surface area contributed by atoms with Crippen molar-refractivity contribution in [3.8, 4) is 5.75 Å². The van der Waals surface area contributed by atoms with E-state index in [4.69, 9.17) is 9.47 Å². The third kappa shape index (κ3) is 5.83. The second-order valence-electron chi connectivity index (χ2n) is 6.95. The largest absolute Gasteiger partial charge is 0.492 e. The number of ether oxygens (including phenoxy) is 2. The second kappa shape index (κ2) is 9.71. The van der Waals surface area contributed by atoms with Crippen molar-refractivity contribution in [3.05, 3.63) is 47.8 Å². The summed E-state index contributed by atoms with van der Waals surface area (Å²) < 4.78 is 13.2. The van der Waals surface area contributed by atoms with E-state index in [-0.39, 0.29) is 0 Å². The van der Waals surface area contributed by atoms with E-state index in [1.165, 1.54) is 11.1 Å². The van der Waals surface area contributed by atoms with Gasteiger partial charge in [-0.1, -0.05) is 12.1 Å². The summed E-state index contributed by atoms with van der Waals surface area (Å²) in [7, 11) is 4.11. The lowest BCUT2D eigenvalue weighted by Gasteiger charge is -2.31. The Bertz CT molecular complexity index is 667. The minimum atomic E-state index is 0.621. The summed E-state index contributed by atoms with van der Waals surface area (Å²) in [5.41, 5.74) is 2.42. The Balaban J connectivity index is 1.39. The van der Waals surface area contributed by atoms with Crippen molar-refractivity contribution in [1.82, 2.24) is 20.0 Å². The van der Waals surface area contributed by atoms with Gasteiger partial charge in [0.1, 0.15) is 12.4 Å².